The number of aryl methyl sites for hydroxylation is 1. The van der Waals surface area contributed by atoms with Crippen LogP contribution in [0.15, 0.2) is 22.7 Å². The van der Waals surface area contributed by atoms with Gasteiger partial charge >= 0.3 is 5.97 Å². The van der Waals surface area contributed by atoms with Gasteiger partial charge in [0.1, 0.15) is 10.1 Å². The number of hydrogen-bond donors (Lipinski definition) is 0. The van der Waals surface area contributed by atoms with Gasteiger partial charge in [-0.25, -0.2) is 4.79 Å². The van der Waals surface area contributed by atoms with Crippen molar-refractivity contribution in [3.05, 3.63) is 34.1 Å². The fourth-order valence-corrected chi connectivity index (χ4v) is 1.48. The molecule has 1 heterocycles. The number of hydrogen-bond acceptors (Lipinski definition) is 3. The van der Waals surface area contributed by atoms with Crippen LogP contribution < -0.4 is 0 Å². The summed E-state index contributed by atoms with van der Waals surface area (Å²) >= 11 is 3.20. The molecule has 92 valence electrons. The minimum absolute atomic E-state index is 0.366. The Hall–Kier alpha value is -1.16. The molecule has 1 aromatic heterocycles. The van der Waals surface area contributed by atoms with E-state index < -0.39 is 5.60 Å². The molecule has 0 saturated heterocycles. The van der Waals surface area contributed by atoms with Gasteiger partial charge in [-0.2, -0.15) is 0 Å². The number of pyridine rings is 1. The van der Waals surface area contributed by atoms with Crippen LogP contribution in [-0.4, -0.2) is 16.6 Å². The lowest BCUT2D eigenvalue weighted by atomic mass is 10.2. The van der Waals surface area contributed by atoms with Crippen molar-refractivity contribution in [2.75, 3.05) is 0 Å². The first-order chi connectivity index (χ1) is 7.78. The molecule has 0 unspecified atom stereocenters. The third kappa shape index (κ3) is 5.13. The Labute approximate surface area is 110 Å². The van der Waals surface area contributed by atoms with Crippen LogP contribution in [-0.2, 0) is 9.53 Å². The van der Waals surface area contributed by atoms with Crippen molar-refractivity contribution >= 4 is 28.0 Å². The number of halogens is 1. The van der Waals surface area contributed by atoms with Gasteiger partial charge < -0.3 is 4.74 Å². The summed E-state index contributed by atoms with van der Waals surface area (Å²) in [6.45, 7) is 7.39. The zero-order valence-electron chi connectivity index (χ0n) is 10.5. The quantitative estimate of drug-likeness (QED) is 0.620. The molecule has 0 saturated carbocycles. The van der Waals surface area contributed by atoms with E-state index in [0.717, 1.165) is 11.4 Å². The molecule has 1 rings (SSSR count). The van der Waals surface area contributed by atoms with Crippen molar-refractivity contribution in [1.82, 2.24) is 4.98 Å². The standard InChI is InChI=1S/C13H16BrNO2/c1-9-6-5-7-10(15-9)8-11(14)12(16)17-13(2,3)4/h5-8H,1-4H3/b11-8-. The van der Waals surface area contributed by atoms with Crippen LogP contribution in [0.5, 0.6) is 0 Å². The van der Waals surface area contributed by atoms with Crippen LogP contribution in [0.1, 0.15) is 32.2 Å². The van der Waals surface area contributed by atoms with Crippen molar-refractivity contribution in [3.63, 3.8) is 0 Å². The maximum absolute atomic E-state index is 11.7. The van der Waals surface area contributed by atoms with Crippen LogP contribution in [0, 0.1) is 6.92 Å². The maximum atomic E-state index is 11.7. The Morgan fingerprint density at radius 2 is 2.06 bits per heavy atom. The van der Waals surface area contributed by atoms with Gasteiger partial charge in [0.05, 0.1) is 5.69 Å². The first kappa shape index (κ1) is 13.9. The van der Waals surface area contributed by atoms with Gasteiger partial charge in [-0.1, -0.05) is 6.07 Å². The maximum Gasteiger partial charge on any atom is 0.345 e. The van der Waals surface area contributed by atoms with Crippen molar-refractivity contribution in [2.24, 2.45) is 0 Å². The van der Waals surface area contributed by atoms with Gasteiger partial charge in [0.25, 0.3) is 0 Å². The summed E-state index contributed by atoms with van der Waals surface area (Å²) < 4.78 is 5.59. The lowest BCUT2D eigenvalue weighted by Gasteiger charge is -2.19. The number of aromatic nitrogens is 1. The normalized spacial score (nSPS) is 12.4. The van der Waals surface area contributed by atoms with E-state index >= 15 is 0 Å². The Balaban J connectivity index is 2.82. The van der Waals surface area contributed by atoms with Crippen LogP contribution in [0.4, 0.5) is 0 Å². The molecule has 0 aliphatic carbocycles. The average Bonchev–Trinajstić information content (AvgIpc) is 2.14. The topological polar surface area (TPSA) is 39.2 Å². The molecule has 1 aromatic rings. The number of esters is 1. The fourth-order valence-electron chi connectivity index (χ4n) is 1.16. The number of ether oxygens (including phenoxy) is 1. The molecule has 4 heteroatoms. The van der Waals surface area contributed by atoms with E-state index in [2.05, 4.69) is 20.9 Å². The van der Waals surface area contributed by atoms with Crippen LogP contribution in [0.25, 0.3) is 6.08 Å². The molecule has 17 heavy (non-hydrogen) atoms. The van der Waals surface area contributed by atoms with Crippen LogP contribution >= 0.6 is 15.9 Å². The zero-order valence-corrected chi connectivity index (χ0v) is 12.0. The first-order valence-electron chi connectivity index (χ1n) is 5.32. The van der Waals surface area contributed by atoms with Crippen LogP contribution in [0.2, 0.25) is 0 Å². The van der Waals surface area contributed by atoms with E-state index in [9.17, 15) is 4.79 Å². The highest BCUT2D eigenvalue weighted by molar-refractivity contribution is 9.12. The summed E-state index contributed by atoms with van der Waals surface area (Å²) in [6.07, 6.45) is 1.65. The third-order valence-electron chi connectivity index (χ3n) is 1.78. The number of carbonyl (C=O) groups excluding carboxylic acids is 1. The monoisotopic (exact) mass is 297 g/mol. The van der Waals surface area contributed by atoms with E-state index in [1.165, 1.54) is 0 Å². The predicted octanol–water partition coefficient (Wildman–Crippen LogP) is 3.47. The largest absolute Gasteiger partial charge is 0.456 e. The second-order valence-electron chi connectivity index (χ2n) is 4.70. The van der Waals surface area contributed by atoms with Crippen LogP contribution in [0.3, 0.4) is 0 Å². The van der Waals surface area contributed by atoms with Gasteiger partial charge in [-0.05, 0) is 61.8 Å². The molecule has 0 fully saturated rings. The molecule has 0 aliphatic heterocycles. The summed E-state index contributed by atoms with van der Waals surface area (Å²) in [5.74, 6) is -0.388. The molecule has 0 N–H and O–H groups in total. The fraction of sp³-hybridized carbons (Fsp3) is 0.385. The van der Waals surface area contributed by atoms with E-state index in [1.54, 1.807) is 6.08 Å². The van der Waals surface area contributed by atoms with E-state index in [-0.39, 0.29) is 5.97 Å². The highest BCUT2D eigenvalue weighted by atomic mass is 79.9. The highest BCUT2D eigenvalue weighted by Crippen LogP contribution is 2.17. The molecule has 0 spiro atoms. The minimum Gasteiger partial charge on any atom is -0.456 e. The summed E-state index contributed by atoms with van der Waals surface area (Å²) in [5, 5.41) is 0. The number of nitrogens with zero attached hydrogens (tertiary/aromatic N) is 1. The van der Waals surface area contributed by atoms with E-state index in [1.807, 2.05) is 45.9 Å². The van der Waals surface area contributed by atoms with Gasteiger partial charge in [-0.15, -0.1) is 0 Å². The van der Waals surface area contributed by atoms with E-state index in [4.69, 9.17) is 4.74 Å². The molecule has 0 atom stereocenters. The van der Waals surface area contributed by atoms with Gasteiger partial charge in [0, 0.05) is 5.69 Å². The predicted molar refractivity (Wildman–Crippen MR) is 71.7 cm³/mol. The molecular weight excluding hydrogens is 282 g/mol. The number of carbonyl (C=O) groups is 1. The summed E-state index contributed by atoms with van der Waals surface area (Å²) in [7, 11) is 0. The average molecular weight is 298 g/mol. The minimum atomic E-state index is -0.496. The van der Waals surface area contributed by atoms with Gasteiger partial charge in [-0.3, -0.25) is 4.98 Å². The Morgan fingerprint density at radius 1 is 1.41 bits per heavy atom. The Morgan fingerprint density at radius 3 is 2.59 bits per heavy atom. The lowest BCUT2D eigenvalue weighted by molar-refractivity contribution is -0.148. The van der Waals surface area contributed by atoms with Gasteiger partial charge in [0.15, 0.2) is 0 Å². The second-order valence-corrected chi connectivity index (χ2v) is 5.55. The molecule has 0 aromatic carbocycles. The van der Waals surface area contributed by atoms with E-state index in [0.29, 0.717) is 4.48 Å². The van der Waals surface area contributed by atoms with Crippen molar-refractivity contribution in [3.8, 4) is 0 Å². The molecule has 0 aliphatic rings. The van der Waals surface area contributed by atoms with Crippen molar-refractivity contribution < 1.29 is 9.53 Å². The highest BCUT2D eigenvalue weighted by Gasteiger charge is 2.18. The molecule has 0 radical (unpaired) electrons. The van der Waals surface area contributed by atoms with Gasteiger partial charge in [0.2, 0.25) is 0 Å². The Kier molecular flexibility index (Phi) is 4.46. The zero-order chi connectivity index (χ0) is 13.1. The smallest absolute Gasteiger partial charge is 0.345 e. The molecular formula is C13H16BrNO2. The molecule has 0 bridgehead atoms. The summed E-state index contributed by atoms with van der Waals surface area (Å²) in [6, 6.07) is 5.63. The third-order valence-corrected chi connectivity index (χ3v) is 2.33. The molecule has 0 amide bonds. The van der Waals surface area contributed by atoms with Crippen molar-refractivity contribution in [2.45, 2.75) is 33.3 Å². The SMILES string of the molecule is Cc1cccc(/C=C(\Br)C(=O)OC(C)(C)C)n1. The molecule has 3 nitrogen and oxygen atoms in total. The number of rotatable bonds is 2. The first-order valence-corrected chi connectivity index (χ1v) is 6.11. The van der Waals surface area contributed by atoms with Crippen molar-refractivity contribution in [1.29, 1.82) is 0 Å². The Bertz CT molecular complexity index is 447. The summed E-state index contributed by atoms with van der Waals surface area (Å²) in [5.41, 5.74) is 1.13. The second kappa shape index (κ2) is 5.45. The lowest BCUT2D eigenvalue weighted by Crippen LogP contribution is -2.23. The summed E-state index contributed by atoms with van der Waals surface area (Å²) in [4.78, 5) is 16.0.